The van der Waals surface area contributed by atoms with E-state index in [1.807, 2.05) is 38.1 Å². The summed E-state index contributed by atoms with van der Waals surface area (Å²) in [5, 5.41) is 3.21. The van der Waals surface area contributed by atoms with E-state index in [-0.39, 0.29) is 43.0 Å². The number of carbonyl (C=O) groups is 2. The zero-order valence-electron chi connectivity index (χ0n) is 23.2. The largest absolute Gasteiger partial charge is 0.493 e. The van der Waals surface area contributed by atoms with Crippen molar-refractivity contribution in [2.75, 3.05) is 26.1 Å². The molecule has 0 saturated heterocycles. The van der Waals surface area contributed by atoms with Crippen LogP contribution < -0.4 is 24.3 Å². The van der Waals surface area contributed by atoms with Crippen LogP contribution in [0.15, 0.2) is 42.5 Å². The van der Waals surface area contributed by atoms with Gasteiger partial charge in [-0.3, -0.25) is 9.59 Å². The van der Waals surface area contributed by atoms with Crippen LogP contribution in [0, 0.1) is 5.92 Å². The van der Waals surface area contributed by atoms with Crippen LogP contribution >= 0.6 is 11.6 Å². The van der Waals surface area contributed by atoms with Crippen molar-refractivity contribution in [2.24, 2.45) is 5.92 Å². The second-order valence-corrected chi connectivity index (χ2v) is 10.9. The molecule has 2 aliphatic rings. The molecule has 8 nitrogen and oxygen atoms in total. The number of alkyl halides is 1. The van der Waals surface area contributed by atoms with Crippen LogP contribution in [-0.4, -0.2) is 61.1 Å². The fourth-order valence-electron chi connectivity index (χ4n) is 5.16. The maximum Gasteiger partial charge on any atom is 0.247 e. The number of amides is 2. The van der Waals surface area contributed by atoms with Gasteiger partial charge in [0.1, 0.15) is 18.5 Å². The van der Waals surface area contributed by atoms with Crippen molar-refractivity contribution in [1.82, 2.24) is 10.2 Å². The van der Waals surface area contributed by atoms with Gasteiger partial charge in [0, 0.05) is 6.04 Å². The van der Waals surface area contributed by atoms with Gasteiger partial charge in [-0.15, -0.1) is 11.6 Å². The number of nitrogens with one attached hydrogen (secondary N) is 1. The second-order valence-electron chi connectivity index (χ2n) is 10.6. The van der Waals surface area contributed by atoms with E-state index in [1.165, 1.54) is 4.90 Å². The Morgan fingerprint density at radius 2 is 1.79 bits per heavy atom. The second kappa shape index (κ2) is 13.3. The number of rotatable bonds is 10. The number of methoxy groups -OCH3 is 1. The summed E-state index contributed by atoms with van der Waals surface area (Å²) < 4.78 is 23.5. The van der Waals surface area contributed by atoms with E-state index in [2.05, 4.69) is 12.2 Å². The number of fused-ring (bicyclic) bond motifs is 1. The smallest absolute Gasteiger partial charge is 0.247 e. The normalized spacial score (nSPS) is 21.1. The molecule has 39 heavy (non-hydrogen) atoms. The van der Waals surface area contributed by atoms with Gasteiger partial charge in [0.05, 0.1) is 19.8 Å². The van der Waals surface area contributed by atoms with Crippen molar-refractivity contribution in [3.05, 3.63) is 48.0 Å². The Hall–Kier alpha value is -3.13. The molecule has 2 atom stereocenters. The van der Waals surface area contributed by atoms with E-state index in [9.17, 15) is 9.59 Å². The lowest BCUT2D eigenvalue weighted by Crippen LogP contribution is -2.51. The van der Waals surface area contributed by atoms with E-state index in [1.54, 1.807) is 25.3 Å². The van der Waals surface area contributed by atoms with Crippen molar-refractivity contribution < 1.29 is 28.5 Å². The molecule has 1 saturated carbocycles. The summed E-state index contributed by atoms with van der Waals surface area (Å²) in [5.41, 5.74) is 0.597. The molecule has 9 heteroatoms. The van der Waals surface area contributed by atoms with Crippen LogP contribution in [-0.2, 0) is 9.59 Å². The zero-order chi connectivity index (χ0) is 27.9. The molecule has 4 rings (SSSR count). The van der Waals surface area contributed by atoms with Gasteiger partial charge in [-0.25, -0.2) is 0 Å². The Balaban J connectivity index is 1.66. The van der Waals surface area contributed by atoms with E-state index in [4.69, 9.17) is 30.5 Å². The first-order valence-corrected chi connectivity index (χ1v) is 14.2. The fraction of sp³-hybridized carbons (Fsp3) is 0.533. The molecular weight excluding hydrogens is 520 g/mol. The summed E-state index contributed by atoms with van der Waals surface area (Å²) in [5.74, 6) is 2.02. The zero-order valence-corrected chi connectivity index (χ0v) is 23.9. The van der Waals surface area contributed by atoms with Gasteiger partial charge in [-0.1, -0.05) is 25.1 Å². The number of para-hydroxylation sites is 2. The van der Waals surface area contributed by atoms with Crippen LogP contribution in [0.4, 0.5) is 0 Å². The molecule has 2 aromatic carbocycles. The van der Waals surface area contributed by atoms with E-state index >= 15 is 0 Å². The Kier molecular flexibility index (Phi) is 9.83. The third-order valence-corrected chi connectivity index (χ3v) is 7.42. The number of carbonyl (C=O) groups excluding carboxylic acids is 2. The Morgan fingerprint density at radius 3 is 2.46 bits per heavy atom. The highest BCUT2D eigenvalue weighted by molar-refractivity contribution is 6.27. The van der Waals surface area contributed by atoms with E-state index < -0.39 is 12.1 Å². The van der Waals surface area contributed by atoms with Crippen LogP contribution in [0.2, 0.25) is 0 Å². The topological polar surface area (TPSA) is 86.3 Å². The van der Waals surface area contributed by atoms with Gasteiger partial charge in [0.15, 0.2) is 29.1 Å². The Bertz CT molecular complexity index is 1130. The number of ether oxygens (including phenoxy) is 4. The third-order valence-electron chi connectivity index (χ3n) is 7.19. The SMILES string of the molecule is COc1cc([C@H](C(=O)NC2CCC(C)CC2)N(C[C@@H]2COc3ccccc3O2)C(=O)CCl)ccc1OC(C)C. The van der Waals surface area contributed by atoms with Crippen molar-refractivity contribution in [3.63, 3.8) is 0 Å². The minimum Gasteiger partial charge on any atom is -0.493 e. The van der Waals surface area contributed by atoms with Crippen molar-refractivity contribution in [3.8, 4) is 23.0 Å². The minimum absolute atomic E-state index is 0.0516. The monoisotopic (exact) mass is 558 g/mol. The first-order valence-electron chi connectivity index (χ1n) is 13.7. The van der Waals surface area contributed by atoms with Gasteiger partial charge in [-0.2, -0.15) is 0 Å². The van der Waals surface area contributed by atoms with Crippen molar-refractivity contribution >= 4 is 23.4 Å². The van der Waals surface area contributed by atoms with Crippen LogP contribution in [0.1, 0.15) is 58.1 Å². The molecule has 1 N–H and O–H groups in total. The summed E-state index contributed by atoms with van der Waals surface area (Å²) in [6.45, 7) is 6.45. The summed E-state index contributed by atoms with van der Waals surface area (Å²) in [6, 6.07) is 11.8. The lowest BCUT2D eigenvalue weighted by molar-refractivity contribution is -0.141. The minimum atomic E-state index is -0.946. The molecule has 2 amide bonds. The lowest BCUT2D eigenvalue weighted by Gasteiger charge is -2.36. The van der Waals surface area contributed by atoms with Crippen molar-refractivity contribution in [2.45, 2.75) is 70.7 Å². The number of halogens is 1. The summed E-state index contributed by atoms with van der Waals surface area (Å²) in [6.07, 6.45) is 3.39. The van der Waals surface area contributed by atoms with Crippen molar-refractivity contribution in [1.29, 1.82) is 0 Å². The highest BCUT2D eigenvalue weighted by atomic mass is 35.5. The molecule has 1 aliphatic carbocycles. The summed E-state index contributed by atoms with van der Waals surface area (Å²) >= 11 is 6.09. The maximum atomic E-state index is 14.0. The van der Waals surface area contributed by atoms with Crippen LogP contribution in [0.3, 0.4) is 0 Å². The van der Waals surface area contributed by atoms with Gasteiger partial charge in [0.2, 0.25) is 11.8 Å². The fourth-order valence-corrected chi connectivity index (χ4v) is 5.32. The molecule has 1 aliphatic heterocycles. The summed E-state index contributed by atoms with van der Waals surface area (Å²) in [7, 11) is 1.55. The molecule has 1 fully saturated rings. The predicted octanol–water partition coefficient (Wildman–Crippen LogP) is 5.13. The van der Waals surface area contributed by atoms with Crippen LogP contribution in [0.25, 0.3) is 0 Å². The predicted molar refractivity (Wildman–Crippen MR) is 150 cm³/mol. The number of hydrogen-bond acceptors (Lipinski definition) is 6. The first-order chi connectivity index (χ1) is 18.8. The van der Waals surface area contributed by atoms with Gasteiger partial charge < -0.3 is 29.2 Å². The van der Waals surface area contributed by atoms with Gasteiger partial charge in [0.25, 0.3) is 0 Å². The number of benzene rings is 2. The van der Waals surface area contributed by atoms with E-state index in [0.29, 0.717) is 34.5 Å². The number of hydrogen-bond donors (Lipinski definition) is 1. The lowest BCUT2D eigenvalue weighted by atomic mass is 9.87. The molecule has 0 spiro atoms. The molecule has 2 aromatic rings. The highest BCUT2D eigenvalue weighted by Crippen LogP contribution is 2.35. The molecule has 1 heterocycles. The first kappa shape index (κ1) is 28.9. The molecular formula is C30H39ClN2O6. The van der Waals surface area contributed by atoms with Gasteiger partial charge >= 0.3 is 0 Å². The molecule has 0 aromatic heterocycles. The third kappa shape index (κ3) is 7.29. The maximum absolute atomic E-state index is 14.0. The molecule has 0 unspecified atom stereocenters. The Morgan fingerprint density at radius 1 is 1.08 bits per heavy atom. The standard InChI is InChI=1S/C30H39ClN2O6/c1-19(2)38-26-14-11-21(15-27(26)36-4)29(30(35)32-22-12-9-20(3)10-13-22)33(28(34)16-31)17-23-18-37-24-7-5-6-8-25(24)39-23/h5-8,11,14-15,19-20,22-23,29H,9-10,12-13,16-18H2,1-4H3,(H,32,35)/t20?,22?,23-,29-/m1/s1. The van der Waals surface area contributed by atoms with E-state index in [0.717, 1.165) is 25.7 Å². The molecule has 212 valence electrons. The average molecular weight is 559 g/mol. The number of nitrogens with zero attached hydrogens (tertiary/aromatic N) is 1. The molecule has 0 radical (unpaired) electrons. The highest BCUT2D eigenvalue weighted by Gasteiger charge is 2.36. The molecule has 0 bridgehead atoms. The Labute approximate surface area is 235 Å². The average Bonchev–Trinajstić information content (AvgIpc) is 2.93. The van der Waals surface area contributed by atoms with Crippen LogP contribution in [0.5, 0.6) is 23.0 Å². The summed E-state index contributed by atoms with van der Waals surface area (Å²) in [4.78, 5) is 28.8. The quantitative estimate of drug-likeness (QED) is 0.407. The van der Waals surface area contributed by atoms with Gasteiger partial charge in [-0.05, 0) is 75.3 Å².